The summed E-state index contributed by atoms with van der Waals surface area (Å²) in [6.07, 6.45) is -1.53. The van der Waals surface area contributed by atoms with Crippen molar-refractivity contribution in [2.24, 2.45) is 0 Å². The van der Waals surface area contributed by atoms with E-state index in [1.807, 2.05) is 0 Å². The van der Waals surface area contributed by atoms with E-state index in [1.54, 1.807) is 24.3 Å². The van der Waals surface area contributed by atoms with Crippen LogP contribution in [0.15, 0.2) is 30.3 Å². The number of benzene rings is 2. The maximum Gasteiger partial charge on any atom is 0.229 e. The predicted molar refractivity (Wildman–Crippen MR) is 82.8 cm³/mol. The number of aliphatic hydroxyl groups excluding tert-OH is 2. The Morgan fingerprint density at radius 3 is 2.09 bits per heavy atom. The van der Waals surface area contributed by atoms with Crippen molar-refractivity contribution in [2.75, 3.05) is 11.0 Å². The summed E-state index contributed by atoms with van der Waals surface area (Å²) in [7, 11) is -3.70. The van der Waals surface area contributed by atoms with E-state index in [9.17, 15) is 28.8 Å². The van der Waals surface area contributed by atoms with Crippen molar-refractivity contribution in [3.05, 3.63) is 52.6 Å². The van der Waals surface area contributed by atoms with Gasteiger partial charge in [0.15, 0.2) is 11.5 Å². The Morgan fingerprint density at radius 2 is 1.52 bits per heavy atom. The monoisotopic (exact) mass is 337 g/mol. The number of rotatable bonds is 2. The number of phenolic OH excluding ortho intramolecular Hbond substituents is 2. The molecule has 2 unspecified atom stereocenters. The predicted octanol–water partition coefficient (Wildman–Crippen LogP) is 0.946. The second-order valence-corrected chi connectivity index (χ2v) is 7.18. The van der Waals surface area contributed by atoms with Gasteiger partial charge in [-0.1, -0.05) is 24.3 Å². The quantitative estimate of drug-likeness (QED) is 0.519. The van der Waals surface area contributed by atoms with E-state index in [2.05, 4.69) is 4.72 Å². The third kappa shape index (κ3) is 2.50. The number of anilines is 1. The Bertz CT molecular complexity index is 893. The van der Waals surface area contributed by atoms with E-state index in [-0.39, 0.29) is 16.8 Å². The van der Waals surface area contributed by atoms with Crippen molar-refractivity contribution in [3.63, 3.8) is 0 Å². The maximum atomic E-state index is 11.4. The first-order chi connectivity index (χ1) is 10.7. The van der Waals surface area contributed by atoms with E-state index >= 15 is 0 Å². The highest BCUT2D eigenvalue weighted by Crippen LogP contribution is 2.50. The molecule has 2 atom stereocenters. The minimum atomic E-state index is -3.70. The van der Waals surface area contributed by atoms with Crippen molar-refractivity contribution >= 4 is 15.7 Å². The smallest absolute Gasteiger partial charge is 0.229 e. The molecule has 8 heteroatoms. The highest BCUT2D eigenvalue weighted by molar-refractivity contribution is 7.92. The molecule has 2 aromatic carbocycles. The first-order valence-electron chi connectivity index (χ1n) is 6.72. The van der Waals surface area contributed by atoms with Crippen LogP contribution in [0.3, 0.4) is 0 Å². The molecule has 2 aromatic rings. The molecule has 0 radical (unpaired) electrons. The fourth-order valence-electron chi connectivity index (χ4n) is 2.82. The zero-order chi connectivity index (χ0) is 16.9. The molecule has 1 aliphatic carbocycles. The van der Waals surface area contributed by atoms with E-state index in [0.29, 0.717) is 11.1 Å². The second kappa shape index (κ2) is 5.12. The van der Waals surface area contributed by atoms with Crippen LogP contribution in [0.4, 0.5) is 5.69 Å². The van der Waals surface area contributed by atoms with Crippen LogP contribution in [0.2, 0.25) is 0 Å². The summed E-state index contributed by atoms with van der Waals surface area (Å²) in [5.74, 6) is -1.38. The Hall–Kier alpha value is -2.29. The molecule has 0 heterocycles. The number of fused-ring (bicyclic) bond motifs is 2. The minimum absolute atomic E-state index is 0.0484. The molecular weight excluding hydrogens is 322 g/mol. The average molecular weight is 337 g/mol. The first-order valence-corrected chi connectivity index (χ1v) is 8.61. The van der Waals surface area contributed by atoms with E-state index < -0.39 is 33.7 Å². The Kier molecular flexibility index (Phi) is 3.47. The van der Waals surface area contributed by atoms with Crippen molar-refractivity contribution < 1.29 is 28.8 Å². The molecule has 0 bridgehead atoms. The van der Waals surface area contributed by atoms with Crippen LogP contribution < -0.4 is 4.72 Å². The summed E-state index contributed by atoms with van der Waals surface area (Å²) < 4.78 is 24.8. The Morgan fingerprint density at radius 1 is 0.957 bits per heavy atom. The average Bonchev–Trinajstić information content (AvgIpc) is 2.48. The van der Waals surface area contributed by atoms with Crippen molar-refractivity contribution in [2.45, 2.75) is 12.2 Å². The fraction of sp³-hybridized carbons (Fsp3) is 0.200. The third-order valence-corrected chi connectivity index (χ3v) is 4.38. The van der Waals surface area contributed by atoms with Crippen molar-refractivity contribution in [3.8, 4) is 11.5 Å². The van der Waals surface area contributed by atoms with Gasteiger partial charge >= 0.3 is 0 Å². The van der Waals surface area contributed by atoms with Gasteiger partial charge in [0.2, 0.25) is 10.0 Å². The highest BCUT2D eigenvalue weighted by atomic mass is 32.2. The van der Waals surface area contributed by atoms with Crippen LogP contribution in [-0.2, 0) is 10.0 Å². The third-order valence-electron chi connectivity index (χ3n) is 3.79. The zero-order valence-corrected chi connectivity index (χ0v) is 12.9. The van der Waals surface area contributed by atoms with Crippen LogP contribution in [0.5, 0.6) is 11.5 Å². The van der Waals surface area contributed by atoms with Gasteiger partial charge in [0.25, 0.3) is 0 Å². The van der Waals surface area contributed by atoms with E-state index in [4.69, 9.17) is 0 Å². The van der Waals surface area contributed by atoms with Gasteiger partial charge in [-0.05, 0) is 22.8 Å². The lowest BCUT2D eigenvalue weighted by Crippen LogP contribution is -2.19. The van der Waals surface area contributed by atoms with Gasteiger partial charge < -0.3 is 20.4 Å². The second-order valence-electron chi connectivity index (χ2n) is 5.43. The molecule has 0 spiro atoms. The van der Waals surface area contributed by atoms with Crippen LogP contribution in [0, 0.1) is 0 Å². The molecule has 1 aliphatic rings. The largest absolute Gasteiger partial charge is 0.504 e. The summed E-state index contributed by atoms with van der Waals surface area (Å²) >= 11 is 0. The normalized spacial score (nSPS) is 19.8. The molecule has 0 saturated carbocycles. The van der Waals surface area contributed by atoms with Gasteiger partial charge in [0.05, 0.1) is 11.9 Å². The molecule has 3 rings (SSSR count). The molecule has 0 fully saturated rings. The molecule has 0 saturated heterocycles. The zero-order valence-electron chi connectivity index (χ0n) is 12.1. The lowest BCUT2D eigenvalue weighted by atomic mass is 9.81. The van der Waals surface area contributed by atoms with Gasteiger partial charge in [-0.25, -0.2) is 8.42 Å². The van der Waals surface area contributed by atoms with E-state index in [1.165, 1.54) is 6.07 Å². The number of aliphatic hydroxyl groups is 2. The van der Waals surface area contributed by atoms with Gasteiger partial charge in [0.1, 0.15) is 12.2 Å². The van der Waals surface area contributed by atoms with Crippen LogP contribution in [0.25, 0.3) is 0 Å². The van der Waals surface area contributed by atoms with Gasteiger partial charge in [-0.2, -0.15) is 0 Å². The van der Waals surface area contributed by atoms with E-state index in [0.717, 1.165) is 6.26 Å². The summed E-state index contributed by atoms with van der Waals surface area (Å²) in [6, 6.07) is 7.80. The maximum absolute atomic E-state index is 11.4. The highest BCUT2D eigenvalue weighted by Gasteiger charge is 2.34. The van der Waals surface area contributed by atoms with Crippen LogP contribution in [0.1, 0.15) is 34.5 Å². The SMILES string of the molecule is CS(=O)(=O)Nc1cc2c(c(O)c1O)C(O)c1ccccc1C2O. The molecule has 7 nitrogen and oxygen atoms in total. The summed E-state index contributed by atoms with van der Waals surface area (Å²) in [5, 5.41) is 41.1. The fourth-order valence-corrected chi connectivity index (χ4v) is 3.37. The topological polar surface area (TPSA) is 127 Å². The lowest BCUT2D eigenvalue weighted by molar-refractivity contribution is 0.169. The summed E-state index contributed by atoms with van der Waals surface area (Å²) in [6.45, 7) is 0. The molecule has 5 N–H and O–H groups in total. The minimum Gasteiger partial charge on any atom is -0.504 e. The number of nitrogens with one attached hydrogen (secondary N) is 1. The van der Waals surface area contributed by atoms with Crippen molar-refractivity contribution in [1.29, 1.82) is 0 Å². The first kappa shape index (κ1) is 15.6. The standard InChI is InChI=1S/C15H15NO6S/c1-23(21,22)16-10-6-9-11(15(20)14(10)19)13(18)8-5-3-2-4-7(8)12(9)17/h2-6,12-13,16-20H,1H3. The lowest BCUT2D eigenvalue weighted by Gasteiger charge is -2.30. The Labute approximate surface area is 132 Å². The molecule has 122 valence electrons. The van der Waals surface area contributed by atoms with Gasteiger partial charge in [-0.3, -0.25) is 4.72 Å². The van der Waals surface area contributed by atoms with Crippen LogP contribution >= 0.6 is 0 Å². The number of aromatic hydroxyl groups is 2. The molecule has 0 aromatic heterocycles. The Balaban J connectivity index is 2.25. The molecule has 23 heavy (non-hydrogen) atoms. The number of hydrogen-bond donors (Lipinski definition) is 5. The van der Waals surface area contributed by atoms with Gasteiger partial charge in [-0.15, -0.1) is 0 Å². The van der Waals surface area contributed by atoms with Crippen LogP contribution in [-0.4, -0.2) is 35.1 Å². The number of hydrogen-bond acceptors (Lipinski definition) is 6. The molecular formula is C15H15NO6S. The number of sulfonamides is 1. The molecule has 0 aliphatic heterocycles. The molecule has 0 amide bonds. The van der Waals surface area contributed by atoms with Crippen molar-refractivity contribution in [1.82, 2.24) is 0 Å². The summed E-state index contributed by atoms with van der Waals surface area (Å²) in [4.78, 5) is 0. The number of phenols is 2. The summed E-state index contributed by atoms with van der Waals surface area (Å²) in [5.41, 5.74) is 0.661. The van der Waals surface area contributed by atoms with Gasteiger partial charge in [0, 0.05) is 5.56 Å².